The van der Waals surface area contributed by atoms with Crippen LogP contribution in [0, 0.1) is 5.41 Å². The van der Waals surface area contributed by atoms with Gasteiger partial charge in [0.15, 0.2) is 0 Å². The van der Waals surface area contributed by atoms with E-state index in [1.807, 2.05) is 0 Å². The van der Waals surface area contributed by atoms with Crippen LogP contribution in [0.25, 0.3) is 5.69 Å². The van der Waals surface area contributed by atoms with Crippen molar-refractivity contribution in [3.8, 4) is 5.69 Å². The molecule has 0 saturated heterocycles. The molecule has 1 aromatic heterocycles. The first-order chi connectivity index (χ1) is 14.9. The maximum Gasteiger partial charge on any atom is 0.352 e. The van der Waals surface area contributed by atoms with E-state index in [0.29, 0.717) is 34.4 Å². The Labute approximate surface area is 188 Å². The smallest absolute Gasteiger partial charge is 0.352 e. The summed E-state index contributed by atoms with van der Waals surface area (Å²) >= 11 is 11.8. The van der Waals surface area contributed by atoms with Crippen LogP contribution in [0.4, 0.5) is 5.95 Å². The lowest BCUT2D eigenvalue weighted by Gasteiger charge is -2.08. The Morgan fingerprint density at radius 3 is 2.32 bits per heavy atom. The molecule has 3 aromatic rings. The molecule has 162 valence electrons. The van der Waals surface area contributed by atoms with Gasteiger partial charge in [0, 0.05) is 28.7 Å². The summed E-state index contributed by atoms with van der Waals surface area (Å²) in [5, 5.41) is 16.7. The molecule has 3 rings (SSSR count). The zero-order valence-corrected chi connectivity index (χ0v) is 18.3. The largest absolute Gasteiger partial charge is 0.465 e. The van der Waals surface area contributed by atoms with Crippen molar-refractivity contribution in [1.82, 2.24) is 14.3 Å². The summed E-state index contributed by atoms with van der Waals surface area (Å²) < 4.78 is 7.36. The number of halogens is 2. The summed E-state index contributed by atoms with van der Waals surface area (Å²) in [6.07, 6.45) is 0.378. The van der Waals surface area contributed by atoms with E-state index in [9.17, 15) is 9.59 Å². The standard InChI is InChI=1S/C21H21Cl2N5O3/c1-2-31-19(29)13-27-20(25-12-11-18(24)14-3-5-15(22)6-4-14)26-28(21(27)30)17-9-7-16(23)8-10-17/h3-10,24H,2,11-13H2,1H3,(H,25,26). The highest BCUT2D eigenvalue weighted by Crippen LogP contribution is 2.14. The maximum atomic E-state index is 12.9. The third-order valence-electron chi connectivity index (χ3n) is 4.38. The molecule has 0 radical (unpaired) electrons. The SMILES string of the molecule is CCOC(=O)Cn1c(NCCC(=N)c2ccc(Cl)cc2)nn(-c2ccc(Cl)cc2)c1=O. The van der Waals surface area contributed by atoms with Gasteiger partial charge in [0.25, 0.3) is 0 Å². The Morgan fingerprint density at radius 2 is 1.71 bits per heavy atom. The third kappa shape index (κ3) is 5.74. The Balaban J connectivity index is 1.80. The van der Waals surface area contributed by atoms with Crippen LogP contribution >= 0.6 is 23.2 Å². The van der Waals surface area contributed by atoms with Crippen LogP contribution in [0.15, 0.2) is 53.3 Å². The van der Waals surface area contributed by atoms with E-state index in [0.717, 1.165) is 5.56 Å². The van der Waals surface area contributed by atoms with Crippen molar-refractivity contribution in [1.29, 1.82) is 5.41 Å². The van der Waals surface area contributed by atoms with Gasteiger partial charge in [0.2, 0.25) is 5.95 Å². The summed E-state index contributed by atoms with van der Waals surface area (Å²) in [6, 6.07) is 13.6. The Kier molecular flexibility index (Phi) is 7.49. The number of benzene rings is 2. The molecule has 0 aliphatic heterocycles. The fourth-order valence-electron chi connectivity index (χ4n) is 2.85. The summed E-state index contributed by atoms with van der Waals surface area (Å²) in [7, 11) is 0. The quantitative estimate of drug-likeness (QED) is 0.372. The fraction of sp³-hybridized carbons (Fsp3) is 0.238. The first-order valence-electron chi connectivity index (χ1n) is 9.57. The van der Waals surface area contributed by atoms with Gasteiger partial charge in [0.1, 0.15) is 6.54 Å². The van der Waals surface area contributed by atoms with E-state index in [1.54, 1.807) is 55.5 Å². The summed E-state index contributed by atoms with van der Waals surface area (Å²) in [6.45, 7) is 1.96. The highest BCUT2D eigenvalue weighted by molar-refractivity contribution is 6.30. The summed E-state index contributed by atoms with van der Waals surface area (Å²) in [4.78, 5) is 24.9. The van der Waals surface area contributed by atoms with E-state index >= 15 is 0 Å². The zero-order chi connectivity index (χ0) is 22.4. The molecule has 10 heteroatoms. The summed E-state index contributed by atoms with van der Waals surface area (Å²) in [5.41, 5.74) is 1.17. The van der Waals surface area contributed by atoms with Crippen molar-refractivity contribution in [3.63, 3.8) is 0 Å². The van der Waals surface area contributed by atoms with Gasteiger partial charge in [-0.15, -0.1) is 5.10 Å². The van der Waals surface area contributed by atoms with E-state index in [1.165, 1.54) is 9.25 Å². The Hall–Kier alpha value is -3.10. The van der Waals surface area contributed by atoms with E-state index in [4.69, 9.17) is 33.3 Å². The average molecular weight is 462 g/mol. The number of rotatable bonds is 9. The van der Waals surface area contributed by atoms with Gasteiger partial charge in [-0.3, -0.25) is 4.79 Å². The lowest BCUT2D eigenvalue weighted by atomic mass is 10.1. The van der Waals surface area contributed by atoms with Gasteiger partial charge >= 0.3 is 11.7 Å². The number of ether oxygens (including phenoxy) is 1. The molecular weight excluding hydrogens is 441 g/mol. The van der Waals surface area contributed by atoms with Gasteiger partial charge in [-0.25, -0.2) is 9.36 Å². The minimum absolute atomic E-state index is 0.205. The monoisotopic (exact) mass is 461 g/mol. The predicted molar refractivity (Wildman–Crippen MR) is 121 cm³/mol. The minimum Gasteiger partial charge on any atom is -0.465 e. The van der Waals surface area contributed by atoms with Crippen molar-refractivity contribution < 1.29 is 9.53 Å². The van der Waals surface area contributed by atoms with E-state index < -0.39 is 11.7 Å². The molecule has 0 spiro atoms. The van der Waals surface area contributed by atoms with Crippen molar-refractivity contribution in [3.05, 3.63) is 74.6 Å². The van der Waals surface area contributed by atoms with Gasteiger partial charge in [-0.2, -0.15) is 4.68 Å². The number of carbonyl (C=O) groups excluding carboxylic acids is 1. The highest BCUT2D eigenvalue weighted by atomic mass is 35.5. The summed E-state index contributed by atoms with van der Waals surface area (Å²) in [5.74, 6) is -0.339. The highest BCUT2D eigenvalue weighted by Gasteiger charge is 2.18. The number of aromatic nitrogens is 3. The number of esters is 1. The molecule has 1 heterocycles. The number of hydrogen-bond donors (Lipinski definition) is 2. The normalized spacial score (nSPS) is 10.7. The lowest BCUT2D eigenvalue weighted by molar-refractivity contribution is -0.143. The first kappa shape index (κ1) is 22.6. The van der Waals surface area contributed by atoms with Crippen LogP contribution in [0.2, 0.25) is 10.0 Å². The lowest BCUT2D eigenvalue weighted by Crippen LogP contribution is -2.28. The van der Waals surface area contributed by atoms with Gasteiger partial charge in [0.05, 0.1) is 12.3 Å². The van der Waals surface area contributed by atoms with Crippen LogP contribution in [-0.4, -0.2) is 39.2 Å². The maximum absolute atomic E-state index is 12.9. The third-order valence-corrected chi connectivity index (χ3v) is 4.88. The number of hydrogen-bond acceptors (Lipinski definition) is 6. The molecule has 8 nitrogen and oxygen atoms in total. The minimum atomic E-state index is -0.544. The van der Waals surface area contributed by atoms with Crippen LogP contribution in [0.3, 0.4) is 0 Å². The van der Waals surface area contributed by atoms with Crippen molar-refractivity contribution in [2.75, 3.05) is 18.5 Å². The number of carbonyl (C=O) groups is 1. The molecule has 0 unspecified atom stereocenters. The molecule has 0 amide bonds. The van der Waals surface area contributed by atoms with Gasteiger partial charge < -0.3 is 15.5 Å². The first-order valence-corrected chi connectivity index (χ1v) is 10.3. The van der Waals surface area contributed by atoms with Crippen LogP contribution < -0.4 is 11.0 Å². The topological polar surface area (TPSA) is 102 Å². The van der Waals surface area contributed by atoms with Crippen molar-refractivity contribution >= 4 is 40.8 Å². The molecule has 0 aliphatic rings. The molecule has 0 bridgehead atoms. The van der Waals surface area contributed by atoms with E-state index in [2.05, 4.69) is 10.4 Å². The second kappa shape index (κ2) is 10.3. The van der Waals surface area contributed by atoms with Gasteiger partial charge in [-0.1, -0.05) is 35.3 Å². The number of nitrogens with one attached hydrogen (secondary N) is 2. The van der Waals surface area contributed by atoms with Crippen molar-refractivity contribution in [2.45, 2.75) is 19.9 Å². The fourth-order valence-corrected chi connectivity index (χ4v) is 3.10. The average Bonchev–Trinajstić information content (AvgIpc) is 3.05. The molecule has 31 heavy (non-hydrogen) atoms. The molecule has 0 fully saturated rings. The zero-order valence-electron chi connectivity index (χ0n) is 16.8. The van der Waals surface area contributed by atoms with Crippen LogP contribution in [0.1, 0.15) is 18.9 Å². The Bertz CT molecular complexity index is 1120. The molecule has 0 atom stereocenters. The predicted octanol–water partition coefficient (Wildman–Crippen LogP) is 3.77. The molecule has 2 N–H and O–H groups in total. The molecule has 0 aliphatic carbocycles. The number of anilines is 1. The molecule has 2 aromatic carbocycles. The van der Waals surface area contributed by atoms with Crippen LogP contribution in [0.5, 0.6) is 0 Å². The second-order valence-electron chi connectivity index (χ2n) is 6.55. The molecular formula is C21H21Cl2N5O3. The van der Waals surface area contributed by atoms with Gasteiger partial charge in [-0.05, 0) is 48.9 Å². The van der Waals surface area contributed by atoms with E-state index in [-0.39, 0.29) is 19.1 Å². The number of nitrogens with zero attached hydrogens (tertiary/aromatic N) is 3. The van der Waals surface area contributed by atoms with Crippen molar-refractivity contribution in [2.24, 2.45) is 0 Å². The van der Waals surface area contributed by atoms with Crippen LogP contribution in [-0.2, 0) is 16.1 Å². The molecule has 0 saturated carbocycles. The Morgan fingerprint density at radius 1 is 1.10 bits per heavy atom. The second-order valence-corrected chi connectivity index (χ2v) is 7.42.